The molecule has 0 aliphatic carbocycles. The van der Waals surface area contributed by atoms with Gasteiger partial charge < -0.3 is 9.80 Å². The van der Waals surface area contributed by atoms with Gasteiger partial charge >= 0.3 is 0 Å². The van der Waals surface area contributed by atoms with Gasteiger partial charge in [-0.2, -0.15) is 5.10 Å². The van der Waals surface area contributed by atoms with Crippen LogP contribution in [0.2, 0.25) is 0 Å². The van der Waals surface area contributed by atoms with Crippen molar-refractivity contribution in [3.05, 3.63) is 53.7 Å². The van der Waals surface area contributed by atoms with E-state index in [9.17, 15) is 9.59 Å². The first-order chi connectivity index (χ1) is 15.5. The summed E-state index contributed by atoms with van der Waals surface area (Å²) < 4.78 is 1.68. The van der Waals surface area contributed by atoms with Crippen molar-refractivity contribution in [2.24, 2.45) is 5.92 Å². The molecule has 32 heavy (non-hydrogen) atoms. The molecule has 0 saturated carbocycles. The molecule has 2 aromatic heterocycles. The number of fused-ring (bicyclic) bond motifs is 2. The fourth-order valence-electron chi connectivity index (χ4n) is 5.14. The minimum atomic E-state index is 0.0268. The zero-order valence-electron chi connectivity index (χ0n) is 18.6. The first-order valence-electron chi connectivity index (χ1n) is 11.3. The molecule has 1 aromatic carbocycles. The fraction of sp³-hybridized carbons (Fsp3) is 0.458. The lowest BCUT2D eigenvalue weighted by atomic mass is 9.98. The predicted molar refractivity (Wildman–Crippen MR) is 120 cm³/mol. The van der Waals surface area contributed by atoms with Gasteiger partial charge in [0.05, 0.1) is 11.6 Å². The molecule has 0 radical (unpaired) electrons. The minimum Gasteiger partial charge on any atom is -0.336 e. The average molecular weight is 433 g/mol. The van der Waals surface area contributed by atoms with Crippen LogP contribution >= 0.6 is 0 Å². The summed E-state index contributed by atoms with van der Waals surface area (Å²) >= 11 is 0. The Hall–Kier alpha value is -3.29. The molecule has 0 spiro atoms. The molecule has 0 unspecified atom stereocenters. The first kappa shape index (κ1) is 20.6. The van der Waals surface area contributed by atoms with E-state index in [0.717, 1.165) is 42.5 Å². The van der Waals surface area contributed by atoms with E-state index in [4.69, 9.17) is 0 Å². The molecular formula is C24H28N6O2. The van der Waals surface area contributed by atoms with E-state index < -0.39 is 0 Å². The summed E-state index contributed by atoms with van der Waals surface area (Å²) in [6.45, 7) is 5.90. The zero-order valence-corrected chi connectivity index (χ0v) is 18.6. The van der Waals surface area contributed by atoms with Crippen LogP contribution in [0, 0.1) is 19.8 Å². The Kier molecular flexibility index (Phi) is 5.36. The number of hydrogen-bond acceptors (Lipinski definition) is 5. The lowest BCUT2D eigenvalue weighted by Gasteiger charge is -2.30. The predicted octanol–water partition coefficient (Wildman–Crippen LogP) is 2.60. The number of aromatic nitrogens is 4. The van der Waals surface area contributed by atoms with Gasteiger partial charge in [0, 0.05) is 36.8 Å². The Morgan fingerprint density at radius 2 is 2.00 bits per heavy atom. The number of aryl methyl sites for hydroxylation is 2. The van der Waals surface area contributed by atoms with Crippen LogP contribution in [-0.4, -0.2) is 67.0 Å². The third kappa shape index (κ3) is 3.85. The molecule has 8 heteroatoms. The first-order valence-corrected chi connectivity index (χ1v) is 11.3. The van der Waals surface area contributed by atoms with Gasteiger partial charge in [-0.1, -0.05) is 12.5 Å². The van der Waals surface area contributed by atoms with Crippen LogP contribution in [0.25, 0.3) is 10.9 Å². The number of hydrogen-bond donors (Lipinski definition) is 0. The molecule has 2 saturated heterocycles. The Morgan fingerprint density at radius 1 is 1.12 bits per heavy atom. The Bertz CT molecular complexity index is 1170. The molecule has 2 amide bonds. The van der Waals surface area contributed by atoms with E-state index in [1.54, 1.807) is 10.9 Å². The second-order valence-corrected chi connectivity index (χ2v) is 8.90. The lowest BCUT2D eigenvalue weighted by Crippen LogP contribution is -2.46. The van der Waals surface area contributed by atoms with Gasteiger partial charge in [-0.3, -0.25) is 14.6 Å². The van der Waals surface area contributed by atoms with Crippen LogP contribution in [-0.2, 0) is 11.3 Å². The Morgan fingerprint density at radius 3 is 2.81 bits per heavy atom. The number of likely N-dealkylation sites (tertiary alicyclic amines) is 2. The van der Waals surface area contributed by atoms with Crippen LogP contribution in [0.3, 0.4) is 0 Å². The third-order valence-electron chi connectivity index (χ3n) is 6.74. The topological polar surface area (TPSA) is 84.2 Å². The SMILES string of the molecule is Cc1nc(C)n(CC(=O)N2CCCC[C@H]3CN(C(=O)c4ccc5ncccc5c4)C[C@H]32)n1. The Labute approximate surface area is 187 Å². The number of carbonyl (C=O) groups is 2. The van der Waals surface area contributed by atoms with Crippen LogP contribution in [0.1, 0.15) is 41.3 Å². The van der Waals surface area contributed by atoms with Crippen molar-refractivity contribution in [1.82, 2.24) is 29.5 Å². The number of nitrogens with zero attached hydrogens (tertiary/aromatic N) is 6. The number of amides is 2. The summed E-state index contributed by atoms with van der Waals surface area (Å²) in [5, 5.41) is 5.31. The second kappa shape index (κ2) is 8.33. The number of benzene rings is 1. The molecule has 2 aliphatic heterocycles. The smallest absolute Gasteiger partial charge is 0.253 e. The summed E-state index contributed by atoms with van der Waals surface area (Å²) in [4.78, 5) is 39.1. The molecule has 166 valence electrons. The number of pyridine rings is 1. The summed E-state index contributed by atoms with van der Waals surface area (Å²) in [5.74, 6) is 1.81. The molecule has 0 bridgehead atoms. The van der Waals surface area contributed by atoms with Crippen molar-refractivity contribution >= 4 is 22.7 Å². The summed E-state index contributed by atoms with van der Waals surface area (Å²) in [7, 11) is 0. The highest BCUT2D eigenvalue weighted by molar-refractivity contribution is 5.98. The van der Waals surface area contributed by atoms with E-state index in [1.165, 1.54) is 0 Å². The fourth-order valence-corrected chi connectivity index (χ4v) is 5.14. The molecule has 2 fully saturated rings. The molecular weight excluding hydrogens is 404 g/mol. The van der Waals surface area contributed by atoms with E-state index in [0.29, 0.717) is 30.4 Å². The molecule has 4 heterocycles. The van der Waals surface area contributed by atoms with Gasteiger partial charge in [-0.05, 0) is 56.9 Å². The summed E-state index contributed by atoms with van der Waals surface area (Å²) in [6, 6.07) is 9.58. The van der Waals surface area contributed by atoms with Crippen molar-refractivity contribution in [2.45, 2.75) is 45.7 Å². The highest BCUT2D eigenvalue weighted by atomic mass is 16.2. The Balaban J connectivity index is 1.34. The maximum atomic E-state index is 13.3. The monoisotopic (exact) mass is 432 g/mol. The van der Waals surface area contributed by atoms with Gasteiger partial charge in [0.25, 0.3) is 5.91 Å². The van der Waals surface area contributed by atoms with Crippen molar-refractivity contribution in [1.29, 1.82) is 0 Å². The van der Waals surface area contributed by atoms with Gasteiger partial charge in [0.1, 0.15) is 18.2 Å². The lowest BCUT2D eigenvalue weighted by molar-refractivity contribution is -0.134. The van der Waals surface area contributed by atoms with E-state index in [1.807, 2.05) is 54.0 Å². The van der Waals surface area contributed by atoms with Crippen LogP contribution < -0.4 is 0 Å². The highest BCUT2D eigenvalue weighted by Gasteiger charge is 2.41. The van der Waals surface area contributed by atoms with Gasteiger partial charge in [-0.15, -0.1) is 0 Å². The number of rotatable bonds is 3. The van der Waals surface area contributed by atoms with Crippen molar-refractivity contribution < 1.29 is 9.59 Å². The van der Waals surface area contributed by atoms with E-state index >= 15 is 0 Å². The van der Waals surface area contributed by atoms with Crippen molar-refractivity contribution in [3.63, 3.8) is 0 Å². The van der Waals surface area contributed by atoms with Crippen LogP contribution in [0.4, 0.5) is 0 Å². The highest BCUT2D eigenvalue weighted by Crippen LogP contribution is 2.31. The maximum absolute atomic E-state index is 13.3. The van der Waals surface area contributed by atoms with Gasteiger partial charge in [-0.25, -0.2) is 9.67 Å². The van der Waals surface area contributed by atoms with Gasteiger partial charge in [0.15, 0.2) is 0 Å². The maximum Gasteiger partial charge on any atom is 0.253 e. The zero-order chi connectivity index (χ0) is 22.2. The molecule has 0 N–H and O–H groups in total. The molecule has 2 atom stereocenters. The summed E-state index contributed by atoms with van der Waals surface area (Å²) in [6.07, 6.45) is 4.88. The number of carbonyl (C=O) groups excluding carboxylic acids is 2. The van der Waals surface area contributed by atoms with Crippen LogP contribution in [0.15, 0.2) is 36.5 Å². The average Bonchev–Trinajstić information content (AvgIpc) is 3.28. The third-order valence-corrected chi connectivity index (χ3v) is 6.74. The summed E-state index contributed by atoms with van der Waals surface area (Å²) in [5.41, 5.74) is 1.56. The van der Waals surface area contributed by atoms with Gasteiger partial charge in [0.2, 0.25) is 5.91 Å². The van der Waals surface area contributed by atoms with Crippen LogP contribution in [0.5, 0.6) is 0 Å². The standard InChI is InChI=1S/C24H28N6O2/c1-16-26-17(2)30(27-16)15-23(31)29-11-4-3-6-20-13-28(14-22(20)29)24(32)19-8-9-21-18(12-19)7-5-10-25-21/h5,7-10,12,20,22H,3-4,6,11,13-15H2,1-2H3/t20-,22+/m0/s1. The van der Waals surface area contributed by atoms with E-state index in [2.05, 4.69) is 15.1 Å². The molecule has 2 aliphatic rings. The second-order valence-electron chi connectivity index (χ2n) is 8.90. The molecule has 3 aromatic rings. The molecule has 8 nitrogen and oxygen atoms in total. The van der Waals surface area contributed by atoms with Crippen molar-refractivity contribution in [2.75, 3.05) is 19.6 Å². The van der Waals surface area contributed by atoms with Crippen molar-refractivity contribution in [3.8, 4) is 0 Å². The normalized spacial score (nSPS) is 20.9. The largest absolute Gasteiger partial charge is 0.336 e. The quantitative estimate of drug-likeness (QED) is 0.635. The minimum absolute atomic E-state index is 0.0268. The molecule has 5 rings (SSSR count). The van der Waals surface area contributed by atoms with E-state index in [-0.39, 0.29) is 24.4 Å².